The molecule has 0 radical (unpaired) electrons. The third-order valence-electron chi connectivity index (χ3n) is 4.04. The molecule has 20 heavy (non-hydrogen) atoms. The van der Waals surface area contributed by atoms with E-state index in [1.807, 2.05) is 6.92 Å². The number of benzene rings is 1. The second-order valence-corrected chi connectivity index (χ2v) is 5.52. The van der Waals surface area contributed by atoms with Gasteiger partial charge in [-0.2, -0.15) is 0 Å². The summed E-state index contributed by atoms with van der Waals surface area (Å²) in [5.74, 6) is 1.00. The minimum atomic E-state index is -0.460. The molecule has 1 unspecified atom stereocenters. The van der Waals surface area contributed by atoms with Gasteiger partial charge in [0.25, 0.3) is 0 Å². The summed E-state index contributed by atoms with van der Waals surface area (Å²) < 4.78 is 0. The molecule has 2 heterocycles. The van der Waals surface area contributed by atoms with Gasteiger partial charge >= 0.3 is 0 Å². The fraction of sp³-hybridized carbons (Fsp3) is 0.353. The molecule has 0 saturated carbocycles. The molecule has 0 amide bonds. The summed E-state index contributed by atoms with van der Waals surface area (Å²) in [4.78, 5) is 6.83. The van der Waals surface area contributed by atoms with Crippen molar-refractivity contribution in [2.75, 3.05) is 11.4 Å². The third kappa shape index (κ3) is 2.41. The Morgan fingerprint density at radius 3 is 2.70 bits per heavy atom. The lowest BCUT2D eigenvalue weighted by Gasteiger charge is -2.30. The number of pyridine rings is 1. The summed E-state index contributed by atoms with van der Waals surface area (Å²) in [6.45, 7) is 5.72. The van der Waals surface area contributed by atoms with E-state index in [1.54, 1.807) is 13.1 Å². The van der Waals surface area contributed by atoms with Gasteiger partial charge in [0, 0.05) is 24.8 Å². The highest BCUT2D eigenvalue weighted by molar-refractivity contribution is 5.47. The minimum absolute atomic E-state index is 0.460. The zero-order chi connectivity index (χ0) is 14.1. The Kier molecular flexibility index (Phi) is 3.45. The van der Waals surface area contributed by atoms with Gasteiger partial charge in [-0.25, -0.2) is 4.98 Å². The van der Waals surface area contributed by atoms with Crippen molar-refractivity contribution in [1.29, 1.82) is 0 Å². The topological polar surface area (TPSA) is 36.4 Å². The van der Waals surface area contributed by atoms with E-state index >= 15 is 0 Å². The maximum atomic E-state index is 9.68. The lowest BCUT2D eigenvalue weighted by molar-refractivity contribution is 0.198. The molecule has 2 aromatic rings. The number of rotatable bonds is 2. The Hall–Kier alpha value is -1.87. The lowest BCUT2D eigenvalue weighted by atomic mass is 9.99. The second-order valence-electron chi connectivity index (χ2n) is 5.52. The zero-order valence-electron chi connectivity index (χ0n) is 12.0. The molecule has 0 spiro atoms. The van der Waals surface area contributed by atoms with Crippen molar-refractivity contribution in [3.05, 3.63) is 58.8 Å². The second kappa shape index (κ2) is 5.25. The van der Waals surface area contributed by atoms with Crippen LogP contribution in [0.3, 0.4) is 0 Å². The summed E-state index contributed by atoms with van der Waals surface area (Å²) >= 11 is 0. The molecule has 0 saturated heterocycles. The van der Waals surface area contributed by atoms with Gasteiger partial charge in [0.15, 0.2) is 0 Å². The SMILES string of the molecule is Cc1cc(N2CCc3ccccc3C2)ncc1C(C)O. The van der Waals surface area contributed by atoms with Crippen molar-refractivity contribution < 1.29 is 5.11 Å². The monoisotopic (exact) mass is 268 g/mol. The minimum Gasteiger partial charge on any atom is -0.389 e. The average molecular weight is 268 g/mol. The Morgan fingerprint density at radius 1 is 1.25 bits per heavy atom. The molecule has 1 aromatic heterocycles. The summed E-state index contributed by atoms with van der Waals surface area (Å²) in [7, 11) is 0. The van der Waals surface area contributed by atoms with Crippen LogP contribution in [0.25, 0.3) is 0 Å². The van der Waals surface area contributed by atoms with E-state index in [0.717, 1.165) is 36.5 Å². The van der Waals surface area contributed by atoms with Gasteiger partial charge in [-0.15, -0.1) is 0 Å². The molecule has 3 nitrogen and oxygen atoms in total. The highest BCUT2D eigenvalue weighted by Crippen LogP contribution is 2.25. The van der Waals surface area contributed by atoms with Crippen molar-refractivity contribution in [3.63, 3.8) is 0 Å². The van der Waals surface area contributed by atoms with Crippen LogP contribution in [0.1, 0.15) is 35.3 Å². The molecule has 3 rings (SSSR count). The molecule has 1 atom stereocenters. The number of fused-ring (bicyclic) bond motifs is 1. The highest BCUT2D eigenvalue weighted by Gasteiger charge is 2.17. The molecule has 0 aliphatic carbocycles. The highest BCUT2D eigenvalue weighted by atomic mass is 16.3. The van der Waals surface area contributed by atoms with Crippen molar-refractivity contribution >= 4 is 5.82 Å². The molecule has 1 aliphatic heterocycles. The molecular formula is C17H20N2O. The van der Waals surface area contributed by atoms with Crippen LogP contribution in [0.5, 0.6) is 0 Å². The largest absolute Gasteiger partial charge is 0.389 e. The van der Waals surface area contributed by atoms with E-state index in [1.165, 1.54) is 11.1 Å². The van der Waals surface area contributed by atoms with Crippen molar-refractivity contribution in [1.82, 2.24) is 4.98 Å². The number of hydrogen-bond acceptors (Lipinski definition) is 3. The number of hydrogen-bond donors (Lipinski definition) is 1. The van der Waals surface area contributed by atoms with E-state index < -0.39 is 6.10 Å². The van der Waals surface area contributed by atoms with Crippen LogP contribution >= 0.6 is 0 Å². The molecule has 3 heteroatoms. The van der Waals surface area contributed by atoms with E-state index in [-0.39, 0.29) is 0 Å². The first-order chi connectivity index (χ1) is 9.65. The predicted octanol–water partition coefficient (Wildman–Crippen LogP) is 3.01. The van der Waals surface area contributed by atoms with E-state index in [4.69, 9.17) is 0 Å². The Balaban J connectivity index is 1.86. The summed E-state index contributed by atoms with van der Waals surface area (Å²) in [5, 5.41) is 9.68. The van der Waals surface area contributed by atoms with Gasteiger partial charge in [-0.05, 0) is 43.0 Å². The Bertz CT molecular complexity index is 622. The van der Waals surface area contributed by atoms with Gasteiger partial charge < -0.3 is 10.0 Å². The quantitative estimate of drug-likeness (QED) is 0.909. The predicted molar refractivity (Wildman–Crippen MR) is 80.8 cm³/mol. The van der Waals surface area contributed by atoms with Gasteiger partial charge in [0.05, 0.1) is 6.10 Å². The number of aliphatic hydroxyl groups is 1. The average Bonchev–Trinajstić information content (AvgIpc) is 2.46. The summed E-state index contributed by atoms with van der Waals surface area (Å²) in [6.07, 6.45) is 2.41. The Labute approximate surface area is 119 Å². The van der Waals surface area contributed by atoms with Crippen molar-refractivity contribution in [2.24, 2.45) is 0 Å². The molecule has 1 aromatic carbocycles. The van der Waals surface area contributed by atoms with Crippen LogP contribution < -0.4 is 4.90 Å². The van der Waals surface area contributed by atoms with Crippen LogP contribution in [0, 0.1) is 6.92 Å². The van der Waals surface area contributed by atoms with Crippen molar-refractivity contribution in [3.8, 4) is 0 Å². The van der Waals surface area contributed by atoms with Crippen molar-refractivity contribution in [2.45, 2.75) is 32.9 Å². The molecule has 0 bridgehead atoms. The van der Waals surface area contributed by atoms with Crippen LogP contribution in [-0.2, 0) is 13.0 Å². The standard InChI is InChI=1S/C17H20N2O/c1-12-9-17(18-10-16(12)13(2)20)19-8-7-14-5-3-4-6-15(14)11-19/h3-6,9-10,13,20H,7-8,11H2,1-2H3. The molecule has 1 N–H and O–H groups in total. The molecular weight excluding hydrogens is 248 g/mol. The number of aryl methyl sites for hydroxylation is 1. The van der Waals surface area contributed by atoms with E-state index in [2.05, 4.69) is 40.2 Å². The maximum Gasteiger partial charge on any atom is 0.129 e. The molecule has 1 aliphatic rings. The zero-order valence-corrected chi connectivity index (χ0v) is 12.0. The van der Waals surface area contributed by atoms with Crippen LogP contribution in [-0.4, -0.2) is 16.6 Å². The summed E-state index contributed by atoms with van der Waals surface area (Å²) in [5.41, 5.74) is 4.84. The normalized spacial score (nSPS) is 15.8. The molecule has 0 fully saturated rings. The maximum absolute atomic E-state index is 9.68. The smallest absolute Gasteiger partial charge is 0.129 e. The first-order valence-corrected chi connectivity index (χ1v) is 7.11. The molecule has 104 valence electrons. The van der Waals surface area contributed by atoms with Gasteiger partial charge in [0.2, 0.25) is 0 Å². The number of aromatic nitrogens is 1. The van der Waals surface area contributed by atoms with Gasteiger partial charge in [-0.3, -0.25) is 0 Å². The van der Waals surface area contributed by atoms with Crippen LogP contribution in [0.2, 0.25) is 0 Å². The first kappa shape index (κ1) is 13.1. The Morgan fingerprint density at radius 2 is 2.00 bits per heavy atom. The number of aliphatic hydroxyl groups excluding tert-OH is 1. The van der Waals surface area contributed by atoms with Gasteiger partial charge in [0.1, 0.15) is 5.82 Å². The number of nitrogens with zero attached hydrogens (tertiary/aromatic N) is 2. The lowest BCUT2D eigenvalue weighted by Crippen LogP contribution is -2.31. The van der Waals surface area contributed by atoms with Gasteiger partial charge in [-0.1, -0.05) is 24.3 Å². The summed E-state index contributed by atoms with van der Waals surface area (Å²) in [6, 6.07) is 10.7. The number of anilines is 1. The van der Waals surface area contributed by atoms with E-state index in [0.29, 0.717) is 0 Å². The third-order valence-corrected chi connectivity index (χ3v) is 4.04. The van der Waals surface area contributed by atoms with Crippen LogP contribution in [0.15, 0.2) is 36.5 Å². The fourth-order valence-corrected chi connectivity index (χ4v) is 2.85. The first-order valence-electron chi connectivity index (χ1n) is 7.11. The fourth-order valence-electron chi connectivity index (χ4n) is 2.85. The van der Waals surface area contributed by atoms with Crippen LogP contribution in [0.4, 0.5) is 5.82 Å². The van der Waals surface area contributed by atoms with E-state index in [9.17, 15) is 5.11 Å².